The third-order valence-corrected chi connectivity index (χ3v) is 4.74. The van der Waals surface area contributed by atoms with Gasteiger partial charge in [-0.15, -0.1) is 0 Å². The molecule has 0 fully saturated rings. The number of fused-ring (bicyclic) bond motifs is 3. The highest BCUT2D eigenvalue weighted by Crippen LogP contribution is 2.47. The van der Waals surface area contributed by atoms with Crippen LogP contribution in [0.1, 0.15) is 16.7 Å². The van der Waals surface area contributed by atoms with E-state index in [0.29, 0.717) is 11.5 Å². The van der Waals surface area contributed by atoms with E-state index in [4.69, 9.17) is 9.47 Å². The molecule has 0 saturated carbocycles. The molecule has 0 radical (unpaired) electrons. The molecule has 0 N–H and O–H groups in total. The van der Waals surface area contributed by atoms with Crippen LogP contribution in [0.2, 0.25) is 0 Å². The Kier molecular flexibility index (Phi) is 4.12. The zero-order valence-electron chi connectivity index (χ0n) is 14.9. The monoisotopic (exact) mass is 359 g/mol. The summed E-state index contributed by atoms with van der Waals surface area (Å²) in [6.07, 6.45) is 2.00. The third kappa shape index (κ3) is 2.73. The molecule has 0 saturated heterocycles. The average molecular weight is 359 g/mol. The van der Waals surface area contributed by atoms with Crippen LogP contribution in [0, 0.1) is 10.1 Å². The maximum Gasteiger partial charge on any atom is 0.270 e. The van der Waals surface area contributed by atoms with Gasteiger partial charge in [0.05, 0.1) is 19.1 Å². The van der Waals surface area contributed by atoms with Crippen molar-refractivity contribution in [2.24, 2.45) is 0 Å². The first-order chi connectivity index (χ1) is 13.1. The summed E-state index contributed by atoms with van der Waals surface area (Å²) in [5.41, 5.74) is 5.79. The minimum absolute atomic E-state index is 0.0741. The van der Waals surface area contributed by atoms with Gasteiger partial charge in [0.2, 0.25) is 0 Å². The van der Waals surface area contributed by atoms with E-state index in [1.807, 2.05) is 54.6 Å². The Morgan fingerprint density at radius 3 is 2.30 bits per heavy atom. The van der Waals surface area contributed by atoms with Gasteiger partial charge in [-0.25, -0.2) is 0 Å². The molecule has 0 spiro atoms. The number of nitro groups is 1. The molecule has 0 aromatic heterocycles. The normalized spacial score (nSPS) is 13.2. The molecule has 3 aromatic rings. The van der Waals surface area contributed by atoms with Crippen molar-refractivity contribution in [3.05, 3.63) is 87.5 Å². The van der Waals surface area contributed by atoms with Crippen molar-refractivity contribution in [2.45, 2.75) is 0 Å². The minimum atomic E-state index is -0.368. The summed E-state index contributed by atoms with van der Waals surface area (Å²) in [4.78, 5) is 10.9. The lowest BCUT2D eigenvalue weighted by Gasteiger charge is -2.11. The fourth-order valence-corrected chi connectivity index (χ4v) is 3.54. The summed E-state index contributed by atoms with van der Waals surface area (Å²) in [5, 5.41) is 11.3. The summed E-state index contributed by atoms with van der Waals surface area (Å²) in [5.74, 6) is 1.27. The summed E-state index contributed by atoms with van der Waals surface area (Å²) >= 11 is 0. The van der Waals surface area contributed by atoms with Crippen LogP contribution < -0.4 is 9.47 Å². The Labute approximate surface area is 156 Å². The molecule has 5 heteroatoms. The van der Waals surface area contributed by atoms with Crippen LogP contribution in [0.15, 0.2) is 60.7 Å². The van der Waals surface area contributed by atoms with Gasteiger partial charge in [0.1, 0.15) is 0 Å². The predicted octanol–water partition coefficient (Wildman–Crippen LogP) is 5.18. The summed E-state index contributed by atoms with van der Waals surface area (Å²) in [6, 6.07) is 18.7. The van der Waals surface area contributed by atoms with Crippen LogP contribution in [0.25, 0.3) is 22.8 Å². The van der Waals surface area contributed by atoms with Crippen LogP contribution in [0.5, 0.6) is 11.5 Å². The van der Waals surface area contributed by atoms with Crippen LogP contribution in [0.3, 0.4) is 0 Å². The molecule has 0 bridgehead atoms. The Bertz CT molecular complexity index is 1090. The Morgan fingerprint density at radius 1 is 0.852 bits per heavy atom. The van der Waals surface area contributed by atoms with E-state index in [0.717, 1.165) is 33.4 Å². The lowest BCUT2D eigenvalue weighted by molar-refractivity contribution is -0.384. The summed E-state index contributed by atoms with van der Waals surface area (Å²) < 4.78 is 10.9. The van der Waals surface area contributed by atoms with Gasteiger partial charge in [-0.05, 0) is 46.0 Å². The SMILES string of the molecule is COc1cccc(/C=C2/c3ccccc3-c3ccc([N+](=O)[O-])cc32)c1OC. The van der Waals surface area contributed by atoms with Crippen molar-refractivity contribution in [1.82, 2.24) is 0 Å². The highest BCUT2D eigenvalue weighted by Gasteiger charge is 2.25. The van der Waals surface area contributed by atoms with Gasteiger partial charge in [-0.3, -0.25) is 10.1 Å². The molecule has 0 atom stereocenters. The molecule has 0 aliphatic heterocycles. The highest BCUT2D eigenvalue weighted by atomic mass is 16.6. The maximum absolute atomic E-state index is 11.3. The van der Waals surface area contributed by atoms with Gasteiger partial charge >= 0.3 is 0 Å². The summed E-state index contributed by atoms with van der Waals surface area (Å²) in [7, 11) is 3.19. The molecule has 5 nitrogen and oxygen atoms in total. The number of hydrogen-bond acceptors (Lipinski definition) is 4. The Morgan fingerprint density at radius 2 is 1.59 bits per heavy atom. The minimum Gasteiger partial charge on any atom is -0.493 e. The quantitative estimate of drug-likeness (QED) is 0.372. The largest absolute Gasteiger partial charge is 0.493 e. The number of para-hydroxylation sites is 1. The first kappa shape index (κ1) is 16.8. The van der Waals surface area contributed by atoms with Gasteiger partial charge in [0, 0.05) is 17.7 Å². The molecule has 3 aromatic carbocycles. The van der Waals surface area contributed by atoms with Crippen molar-refractivity contribution in [2.75, 3.05) is 14.2 Å². The van der Waals surface area contributed by atoms with Crippen LogP contribution in [-0.2, 0) is 0 Å². The van der Waals surface area contributed by atoms with Gasteiger partial charge < -0.3 is 9.47 Å². The van der Waals surface area contributed by atoms with Gasteiger partial charge in [0.15, 0.2) is 11.5 Å². The van der Waals surface area contributed by atoms with Crippen molar-refractivity contribution in [3.8, 4) is 22.6 Å². The molecule has 0 unspecified atom stereocenters. The number of nitro benzene ring substituents is 1. The third-order valence-electron chi connectivity index (χ3n) is 4.74. The van der Waals surface area contributed by atoms with E-state index in [2.05, 4.69) is 0 Å². The molecule has 27 heavy (non-hydrogen) atoms. The highest BCUT2D eigenvalue weighted by molar-refractivity contribution is 6.07. The van der Waals surface area contributed by atoms with Crippen LogP contribution in [-0.4, -0.2) is 19.1 Å². The fourth-order valence-electron chi connectivity index (χ4n) is 3.54. The second-order valence-corrected chi connectivity index (χ2v) is 6.17. The summed E-state index contributed by atoms with van der Waals surface area (Å²) in [6.45, 7) is 0. The lowest BCUT2D eigenvalue weighted by atomic mass is 10.00. The van der Waals surface area contributed by atoms with Crippen LogP contribution in [0.4, 0.5) is 5.69 Å². The average Bonchev–Trinajstić information content (AvgIpc) is 3.01. The number of hydrogen-bond donors (Lipinski definition) is 0. The molecular weight excluding hydrogens is 342 g/mol. The number of ether oxygens (including phenoxy) is 2. The van der Waals surface area contributed by atoms with E-state index >= 15 is 0 Å². The van der Waals surface area contributed by atoms with E-state index in [9.17, 15) is 10.1 Å². The van der Waals surface area contributed by atoms with Gasteiger partial charge in [-0.1, -0.05) is 36.4 Å². The van der Waals surface area contributed by atoms with Crippen LogP contribution >= 0.6 is 0 Å². The van der Waals surface area contributed by atoms with E-state index in [1.54, 1.807) is 26.4 Å². The number of rotatable bonds is 4. The number of methoxy groups -OCH3 is 2. The topological polar surface area (TPSA) is 61.6 Å². The molecular formula is C22H17NO4. The van der Waals surface area contributed by atoms with E-state index < -0.39 is 0 Å². The van der Waals surface area contributed by atoms with E-state index in [-0.39, 0.29) is 10.6 Å². The maximum atomic E-state index is 11.3. The standard InChI is InChI=1S/C22H17NO4/c1-26-21-9-5-6-14(22(21)27-2)12-19-17-8-4-3-7-16(17)18-11-10-15(23(24)25)13-20(18)19/h3-13H,1-2H3/b19-12-. The predicted molar refractivity (Wildman–Crippen MR) is 105 cm³/mol. The zero-order chi connectivity index (χ0) is 19.0. The molecule has 1 aliphatic rings. The van der Waals surface area contributed by atoms with Gasteiger partial charge in [-0.2, -0.15) is 0 Å². The molecule has 134 valence electrons. The van der Waals surface area contributed by atoms with Crippen molar-refractivity contribution < 1.29 is 14.4 Å². The number of non-ortho nitro benzene ring substituents is 1. The first-order valence-electron chi connectivity index (χ1n) is 8.45. The Balaban J connectivity index is 1.98. The Hall–Kier alpha value is -3.60. The molecule has 0 amide bonds. The molecule has 1 aliphatic carbocycles. The molecule has 4 rings (SSSR count). The lowest BCUT2D eigenvalue weighted by Crippen LogP contribution is -1.93. The first-order valence-corrected chi connectivity index (χ1v) is 8.45. The smallest absolute Gasteiger partial charge is 0.270 e. The number of benzene rings is 3. The van der Waals surface area contributed by atoms with Crippen molar-refractivity contribution >= 4 is 17.3 Å². The van der Waals surface area contributed by atoms with E-state index in [1.165, 1.54) is 0 Å². The molecule has 0 heterocycles. The zero-order valence-corrected chi connectivity index (χ0v) is 14.9. The number of nitrogens with zero attached hydrogens (tertiary/aromatic N) is 1. The second kappa shape index (κ2) is 6.61. The fraction of sp³-hybridized carbons (Fsp3) is 0.0909. The van der Waals surface area contributed by atoms with Crippen molar-refractivity contribution in [3.63, 3.8) is 0 Å². The van der Waals surface area contributed by atoms with Gasteiger partial charge in [0.25, 0.3) is 5.69 Å². The second-order valence-electron chi connectivity index (χ2n) is 6.17. The van der Waals surface area contributed by atoms with Crippen molar-refractivity contribution in [1.29, 1.82) is 0 Å².